The Morgan fingerprint density at radius 1 is 1.06 bits per heavy atom. The number of piperidine rings is 1. The first kappa shape index (κ1) is 19.7. The lowest BCUT2D eigenvalue weighted by atomic mass is 10.0. The van der Waals surface area contributed by atoms with Crippen LogP contribution in [0.25, 0.3) is 39.3 Å². The molecule has 7 heteroatoms. The fourth-order valence-electron chi connectivity index (χ4n) is 4.46. The van der Waals surface area contributed by atoms with E-state index in [0.717, 1.165) is 53.0 Å². The smallest absolute Gasteiger partial charge is 0.253 e. The van der Waals surface area contributed by atoms with Crippen molar-refractivity contribution in [3.05, 3.63) is 78.5 Å². The number of imidazole rings is 1. The minimum Gasteiger partial charge on any atom is -0.454 e. The number of hydrogen-bond donors (Lipinski definition) is 1. The van der Waals surface area contributed by atoms with Crippen LogP contribution >= 0.6 is 0 Å². The van der Waals surface area contributed by atoms with Gasteiger partial charge in [0.1, 0.15) is 11.3 Å². The molecule has 1 atom stereocenters. The molecule has 1 amide bonds. The molecule has 1 aliphatic heterocycles. The summed E-state index contributed by atoms with van der Waals surface area (Å²) in [6.45, 7) is 1.38. The van der Waals surface area contributed by atoms with Crippen molar-refractivity contribution < 1.29 is 9.21 Å². The van der Waals surface area contributed by atoms with Crippen molar-refractivity contribution in [1.82, 2.24) is 19.5 Å². The Balaban J connectivity index is 1.31. The Labute approximate surface area is 190 Å². The summed E-state index contributed by atoms with van der Waals surface area (Å²) >= 11 is 0. The van der Waals surface area contributed by atoms with Crippen LogP contribution < -0.4 is 5.73 Å². The van der Waals surface area contributed by atoms with Gasteiger partial charge in [-0.25, -0.2) is 9.50 Å². The second-order valence-electron chi connectivity index (χ2n) is 8.51. The summed E-state index contributed by atoms with van der Waals surface area (Å²) in [5.74, 6) is 0.746. The molecule has 4 heterocycles. The molecule has 5 aromatic rings. The molecule has 1 fully saturated rings. The Morgan fingerprint density at radius 2 is 1.91 bits per heavy atom. The molecule has 33 heavy (non-hydrogen) atoms. The van der Waals surface area contributed by atoms with Crippen molar-refractivity contribution >= 4 is 22.5 Å². The summed E-state index contributed by atoms with van der Waals surface area (Å²) < 4.78 is 7.81. The molecule has 2 N–H and O–H groups in total. The Hall–Kier alpha value is -3.97. The first-order chi connectivity index (χ1) is 16.2. The number of likely N-dealkylation sites (tertiary alicyclic amines) is 1. The lowest BCUT2D eigenvalue weighted by Gasteiger charge is -2.30. The predicted molar refractivity (Wildman–Crippen MR) is 127 cm³/mol. The van der Waals surface area contributed by atoms with Crippen LogP contribution in [0.5, 0.6) is 0 Å². The topological polar surface area (TPSA) is 89.7 Å². The van der Waals surface area contributed by atoms with Gasteiger partial charge in [0.15, 0.2) is 11.4 Å². The molecular formula is C26H23N5O2. The van der Waals surface area contributed by atoms with Gasteiger partial charge in [-0.1, -0.05) is 30.3 Å². The molecule has 1 unspecified atom stereocenters. The van der Waals surface area contributed by atoms with Gasteiger partial charge in [0.05, 0.1) is 11.9 Å². The summed E-state index contributed by atoms with van der Waals surface area (Å²) in [5, 5.41) is 5.84. The molecule has 0 spiro atoms. The number of benzene rings is 2. The molecule has 7 nitrogen and oxygen atoms in total. The summed E-state index contributed by atoms with van der Waals surface area (Å²) in [7, 11) is 0. The zero-order chi connectivity index (χ0) is 22.4. The summed E-state index contributed by atoms with van der Waals surface area (Å²) in [6, 6.07) is 21.4. The van der Waals surface area contributed by atoms with E-state index in [0.29, 0.717) is 17.9 Å². The van der Waals surface area contributed by atoms with Crippen molar-refractivity contribution in [3.8, 4) is 22.7 Å². The number of carbonyl (C=O) groups is 1. The van der Waals surface area contributed by atoms with Gasteiger partial charge in [0.2, 0.25) is 0 Å². The van der Waals surface area contributed by atoms with Crippen molar-refractivity contribution in [2.24, 2.45) is 5.73 Å². The number of fused-ring (bicyclic) bond motifs is 2. The lowest BCUT2D eigenvalue weighted by molar-refractivity contribution is 0.0709. The van der Waals surface area contributed by atoms with E-state index in [1.54, 1.807) is 10.7 Å². The highest BCUT2D eigenvalue weighted by Gasteiger charge is 2.22. The van der Waals surface area contributed by atoms with Gasteiger partial charge in [0.25, 0.3) is 5.91 Å². The third kappa shape index (κ3) is 3.56. The second kappa shape index (κ2) is 7.86. The average molecular weight is 438 g/mol. The van der Waals surface area contributed by atoms with Crippen LogP contribution in [0.1, 0.15) is 23.2 Å². The summed E-state index contributed by atoms with van der Waals surface area (Å²) in [6.07, 6.45) is 3.70. The quantitative estimate of drug-likeness (QED) is 0.453. The Bertz CT molecular complexity index is 1430. The SMILES string of the molecule is NC1CCCN(C(=O)c2ccc(-c3ccc4ncc(-c5cc6ccccc6o5)n4n3)cc2)C1. The van der Waals surface area contributed by atoms with Crippen LogP contribution in [-0.2, 0) is 0 Å². The highest BCUT2D eigenvalue weighted by molar-refractivity contribution is 5.94. The molecule has 164 valence electrons. The zero-order valence-corrected chi connectivity index (χ0v) is 18.0. The number of nitrogens with two attached hydrogens (primary N) is 1. The number of nitrogens with zero attached hydrogens (tertiary/aromatic N) is 4. The number of carbonyl (C=O) groups excluding carboxylic acids is 1. The third-order valence-corrected chi connectivity index (χ3v) is 6.21. The van der Waals surface area contributed by atoms with Crippen LogP contribution in [-0.4, -0.2) is 44.5 Å². The number of furan rings is 1. The van der Waals surface area contributed by atoms with E-state index in [-0.39, 0.29) is 11.9 Å². The van der Waals surface area contributed by atoms with E-state index < -0.39 is 0 Å². The maximum absolute atomic E-state index is 12.8. The number of rotatable bonds is 3. The first-order valence-corrected chi connectivity index (χ1v) is 11.1. The van der Waals surface area contributed by atoms with E-state index in [2.05, 4.69) is 4.98 Å². The maximum atomic E-state index is 12.8. The van der Waals surface area contributed by atoms with Gasteiger partial charge in [-0.3, -0.25) is 4.79 Å². The van der Waals surface area contributed by atoms with E-state index >= 15 is 0 Å². The van der Waals surface area contributed by atoms with E-state index in [4.69, 9.17) is 15.2 Å². The Kier molecular flexibility index (Phi) is 4.69. The van der Waals surface area contributed by atoms with Gasteiger partial charge in [-0.05, 0) is 49.2 Å². The molecule has 1 aliphatic rings. The molecule has 0 bridgehead atoms. The van der Waals surface area contributed by atoms with Crippen LogP contribution in [0.4, 0.5) is 0 Å². The van der Waals surface area contributed by atoms with Gasteiger partial charge in [-0.2, -0.15) is 5.10 Å². The molecule has 3 aromatic heterocycles. The average Bonchev–Trinajstić information content (AvgIpc) is 3.47. The number of para-hydroxylation sites is 1. The molecule has 0 aliphatic carbocycles. The minimum atomic E-state index is 0.0295. The van der Waals surface area contributed by atoms with E-state index in [1.165, 1.54) is 0 Å². The summed E-state index contributed by atoms with van der Waals surface area (Å²) in [5.41, 5.74) is 10.8. The van der Waals surface area contributed by atoms with Gasteiger partial charge in [-0.15, -0.1) is 0 Å². The molecule has 6 rings (SSSR count). The van der Waals surface area contributed by atoms with E-state index in [1.807, 2.05) is 71.6 Å². The van der Waals surface area contributed by atoms with Crippen LogP contribution in [0, 0.1) is 0 Å². The van der Waals surface area contributed by atoms with Crippen molar-refractivity contribution in [1.29, 1.82) is 0 Å². The highest BCUT2D eigenvalue weighted by Crippen LogP contribution is 2.29. The van der Waals surface area contributed by atoms with Crippen molar-refractivity contribution in [3.63, 3.8) is 0 Å². The van der Waals surface area contributed by atoms with E-state index in [9.17, 15) is 4.79 Å². The lowest BCUT2D eigenvalue weighted by Crippen LogP contribution is -2.45. The van der Waals surface area contributed by atoms with Crippen LogP contribution in [0.15, 0.2) is 77.3 Å². The second-order valence-corrected chi connectivity index (χ2v) is 8.51. The predicted octanol–water partition coefficient (Wildman–Crippen LogP) is 4.37. The first-order valence-electron chi connectivity index (χ1n) is 11.1. The largest absolute Gasteiger partial charge is 0.454 e. The Morgan fingerprint density at radius 3 is 2.73 bits per heavy atom. The summed E-state index contributed by atoms with van der Waals surface area (Å²) in [4.78, 5) is 19.2. The highest BCUT2D eigenvalue weighted by atomic mass is 16.3. The minimum absolute atomic E-state index is 0.0295. The molecule has 1 saturated heterocycles. The third-order valence-electron chi connectivity index (χ3n) is 6.21. The van der Waals surface area contributed by atoms with Crippen molar-refractivity contribution in [2.75, 3.05) is 13.1 Å². The number of amides is 1. The van der Waals surface area contributed by atoms with Crippen LogP contribution in [0.2, 0.25) is 0 Å². The number of hydrogen-bond acceptors (Lipinski definition) is 5. The standard InChI is InChI=1S/C26H23N5O2/c27-20-5-3-13-30(16-20)26(32)18-9-7-17(8-10-18)21-11-12-25-28-15-22(31(25)29-21)24-14-19-4-1-2-6-23(19)33-24/h1-2,4,6-12,14-15,20H,3,5,13,16,27H2. The molecular weight excluding hydrogens is 414 g/mol. The molecule has 0 radical (unpaired) electrons. The zero-order valence-electron chi connectivity index (χ0n) is 18.0. The van der Waals surface area contributed by atoms with Gasteiger partial charge in [0, 0.05) is 35.6 Å². The van der Waals surface area contributed by atoms with Crippen LogP contribution in [0.3, 0.4) is 0 Å². The fraction of sp³-hybridized carbons (Fsp3) is 0.192. The molecule has 2 aromatic carbocycles. The molecule has 0 saturated carbocycles. The van der Waals surface area contributed by atoms with Crippen molar-refractivity contribution in [2.45, 2.75) is 18.9 Å². The normalized spacial score (nSPS) is 16.5. The number of aromatic nitrogens is 3. The fourth-order valence-corrected chi connectivity index (χ4v) is 4.46. The monoisotopic (exact) mass is 437 g/mol. The van der Waals surface area contributed by atoms with Gasteiger partial charge < -0.3 is 15.1 Å². The van der Waals surface area contributed by atoms with Gasteiger partial charge >= 0.3 is 0 Å². The maximum Gasteiger partial charge on any atom is 0.253 e.